The second kappa shape index (κ2) is 3.87. The molecule has 0 aromatic carbocycles. The van der Waals surface area contributed by atoms with Gasteiger partial charge in [0.05, 0.1) is 4.48 Å². The van der Waals surface area contributed by atoms with Crippen LogP contribution in [-0.4, -0.2) is 6.72 Å². The van der Waals surface area contributed by atoms with Crippen LogP contribution in [0.4, 0.5) is 0 Å². The van der Waals surface area contributed by atoms with Crippen molar-refractivity contribution in [3.8, 4) is 0 Å². The average molecular weight is 194 g/mol. The van der Waals surface area contributed by atoms with Gasteiger partial charge >= 0.3 is 0 Å². The molecular weight excluding hydrogens is 189 g/mol. The van der Waals surface area contributed by atoms with Gasteiger partial charge in [-0.25, -0.2) is 0 Å². The van der Waals surface area contributed by atoms with E-state index in [0.717, 1.165) is 0 Å². The third-order valence-electron chi connectivity index (χ3n) is 0.464. The minimum absolute atomic E-state index is 0.428. The van der Waals surface area contributed by atoms with Crippen LogP contribution in [0.25, 0.3) is 0 Å². The van der Waals surface area contributed by atoms with E-state index in [1.165, 1.54) is 6.20 Å². The van der Waals surface area contributed by atoms with E-state index >= 15 is 0 Å². The second-order valence-corrected chi connectivity index (χ2v) is 2.38. The monoisotopic (exact) mass is 193 g/mol. The lowest BCUT2D eigenvalue weighted by Gasteiger charge is -1.86. The van der Waals surface area contributed by atoms with Gasteiger partial charge in [0.1, 0.15) is 0 Å². The molecule has 0 aromatic rings. The van der Waals surface area contributed by atoms with Crippen LogP contribution in [0.5, 0.6) is 0 Å². The number of hydrogen-bond donors (Lipinski definition) is 0. The zero-order valence-corrected chi connectivity index (χ0v) is 6.54. The predicted molar refractivity (Wildman–Crippen MR) is 41.6 cm³/mol. The highest BCUT2D eigenvalue weighted by molar-refractivity contribution is 9.12. The Labute approximate surface area is 61.9 Å². The lowest BCUT2D eigenvalue weighted by molar-refractivity contribution is 1.60. The molecule has 0 rings (SSSR count). The van der Waals surface area contributed by atoms with Gasteiger partial charge in [0, 0.05) is 11.2 Å². The third kappa shape index (κ3) is 2.99. The zero-order valence-electron chi connectivity index (χ0n) is 4.19. The fourth-order valence-electron chi connectivity index (χ4n) is 0.150. The number of hydrogen-bond acceptors (Lipinski definition) is 1. The number of rotatable bonds is 2. The van der Waals surface area contributed by atoms with Gasteiger partial charge in [-0.15, -0.1) is 0 Å². The van der Waals surface area contributed by atoms with E-state index < -0.39 is 0 Å². The van der Waals surface area contributed by atoms with Crippen molar-refractivity contribution >= 4 is 34.2 Å². The van der Waals surface area contributed by atoms with Crippen molar-refractivity contribution < 1.29 is 0 Å². The summed E-state index contributed by atoms with van der Waals surface area (Å²) in [6.07, 6.45) is 1.48. The van der Waals surface area contributed by atoms with Gasteiger partial charge in [0.15, 0.2) is 0 Å². The lowest BCUT2D eigenvalue weighted by atomic mass is 10.6. The maximum absolute atomic E-state index is 5.41. The largest absolute Gasteiger partial charge is 0.271 e. The summed E-state index contributed by atoms with van der Waals surface area (Å²) < 4.78 is 0.661. The number of nitrogens with zero attached hydrogens (tertiary/aromatic N) is 1. The summed E-state index contributed by atoms with van der Waals surface area (Å²) in [6.45, 7) is 6.66. The van der Waals surface area contributed by atoms with Gasteiger partial charge in [-0.3, -0.25) is 4.99 Å². The smallest absolute Gasteiger partial charge is 0.0538 e. The van der Waals surface area contributed by atoms with Crippen LogP contribution < -0.4 is 0 Å². The number of aliphatic imine (C=N–C) groups is 1. The Morgan fingerprint density at radius 2 is 2.25 bits per heavy atom. The van der Waals surface area contributed by atoms with Gasteiger partial charge in [-0.05, 0) is 22.6 Å². The Morgan fingerprint density at radius 1 is 1.75 bits per heavy atom. The van der Waals surface area contributed by atoms with E-state index in [2.05, 4.69) is 34.2 Å². The Hall–Kier alpha value is -0.0800. The Morgan fingerprint density at radius 3 is 2.38 bits per heavy atom. The highest BCUT2D eigenvalue weighted by atomic mass is 79.9. The Bertz CT molecular complexity index is 139. The molecule has 0 fully saturated rings. The fourth-order valence-corrected chi connectivity index (χ4v) is 0.344. The third-order valence-corrected chi connectivity index (χ3v) is 1.58. The molecule has 0 saturated heterocycles. The molecule has 0 N–H and O–H groups in total. The minimum atomic E-state index is 0.428. The quantitative estimate of drug-likeness (QED) is 0.473. The fraction of sp³-hybridized carbons (Fsp3) is 0. The van der Waals surface area contributed by atoms with Gasteiger partial charge in [-0.2, -0.15) is 0 Å². The molecule has 0 aromatic heterocycles. The Balaban J connectivity index is 3.99. The summed E-state index contributed by atoms with van der Waals surface area (Å²) in [5.41, 5.74) is 0. The van der Waals surface area contributed by atoms with Crippen LogP contribution in [0.1, 0.15) is 0 Å². The molecule has 0 aliphatic rings. The van der Waals surface area contributed by atoms with Gasteiger partial charge in [0.2, 0.25) is 0 Å². The molecule has 0 unspecified atom stereocenters. The molecule has 0 radical (unpaired) electrons. The normalized spacial score (nSPS) is 11.0. The first kappa shape index (κ1) is 7.92. The predicted octanol–water partition coefficient (Wildman–Crippen LogP) is 2.68. The molecule has 0 amide bonds. The van der Waals surface area contributed by atoms with E-state index in [1.54, 1.807) is 0 Å². The molecule has 1 nitrogen and oxygen atoms in total. The zero-order chi connectivity index (χ0) is 6.57. The Kier molecular flexibility index (Phi) is 3.83. The van der Waals surface area contributed by atoms with Gasteiger partial charge in [-0.1, -0.05) is 18.2 Å². The van der Waals surface area contributed by atoms with Crippen LogP contribution in [0.2, 0.25) is 0 Å². The SMILES string of the molecule is C=N/C=C(/Br)C(=C)Cl. The summed E-state index contributed by atoms with van der Waals surface area (Å²) in [5, 5.41) is 0.428. The van der Waals surface area contributed by atoms with Crippen molar-refractivity contribution in [1.82, 2.24) is 0 Å². The van der Waals surface area contributed by atoms with Crippen molar-refractivity contribution in [2.45, 2.75) is 0 Å². The van der Waals surface area contributed by atoms with E-state index in [-0.39, 0.29) is 0 Å². The van der Waals surface area contributed by atoms with E-state index in [1.807, 2.05) is 0 Å². The van der Waals surface area contributed by atoms with E-state index in [4.69, 9.17) is 11.6 Å². The molecule has 0 aliphatic carbocycles. The first-order chi connectivity index (χ1) is 3.68. The van der Waals surface area contributed by atoms with Crippen LogP contribution in [0.3, 0.4) is 0 Å². The molecule has 8 heavy (non-hydrogen) atoms. The summed E-state index contributed by atoms with van der Waals surface area (Å²) in [6, 6.07) is 0. The molecule has 0 atom stereocenters. The van der Waals surface area contributed by atoms with Gasteiger partial charge < -0.3 is 0 Å². The number of halogens is 2. The maximum atomic E-state index is 5.41. The summed E-state index contributed by atoms with van der Waals surface area (Å²) in [5.74, 6) is 0. The van der Waals surface area contributed by atoms with Gasteiger partial charge in [0.25, 0.3) is 0 Å². The molecule has 0 heterocycles. The van der Waals surface area contributed by atoms with Crippen molar-refractivity contribution in [1.29, 1.82) is 0 Å². The molecule has 0 bridgehead atoms. The summed E-state index contributed by atoms with van der Waals surface area (Å²) >= 11 is 8.51. The van der Waals surface area contributed by atoms with Crippen LogP contribution in [-0.2, 0) is 0 Å². The highest BCUT2D eigenvalue weighted by Gasteiger charge is 1.89. The summed E-state index contributed by atoms with van der Waals surface area (Å²) in [7, 11) is 0. The van der Waals surface area contributed by atoms with E-state index in [0.29, 0.717) is 9.51 Å². The van der Waals surface area contributed by atoms with Crippen molar-refractivity contribution in [2.24, 2.45) is 4.99 Å². The first-order valence-corrected chi connectivity index (χ1v) is 3.02. The number of allylic oxidation sites excluding steroid dienone is 2. The second-order valence-electron chi connectivity index (χ2n) is 1.06. The lowest BCUT2D eigenvalue weighted by Crippen LogP contribution is -1.63. The van der Waals surface area contributed by atoms with Crippen molar-refractivity contribution in [2.75, 3.05) is 0 Å². The van der Waals surface area contributed by atoms with E-state index in [9.17, 15) is 0 Å². The van der Waals surface area contributed by atoms with Crippen LogP contribution >= 0.6 is 27.5 Å². The van der Waals surface area contributed by atoms with Crippen LogP contribution in [0, 0.1) is 0 Å². The molecule has 0 aliphatic heterocycles. The standard InChI is InChI=1S/C5H5BrClN/c1-4(7)5(6)3-8-2/h3H,1-2H2/b5-3+. The molecular formula is C5H5BrClN. The molecule has 0 saturated carbocycles. The molecule has 0 spiro atoms. The maximum Gasteiger partial charge on any atom is 0.0538 e. The van der Waals surface area contributed by atoms with Crippen LogP contribution in [0.15, 0.2) is 27.3 Å². The average Bonchev–Trinajstić information content (AvgIpc) is 1.67. The molecule has 3 heteroatoms. The first-order valence-electron chi connectivity index (χ1n) is 1.84. The topological polar surface area (TPSA) is 12.4 Å². The van der Waals surface area contributed by atoms with Crippen molar-refractivity contribution in [3.05, 3.63) is 22.3 Å². The minimum Gasteiger partial charge on any atom is -0.271 e. The molecule has 44 valence electrons. The van der Waals surface area contributed by atoms with Crippen molar-refractivity contribution in [3.63, 3.8) is 0 Å². The summed E-state index contributed by atoms with van der Waals surface area (Å²) in [4.78, 5) is 3.45. The highest BCUT2D eigenvalue weighted by Crippen LogP contribution is 2.17.